The van der Waals surface area contributed by atoms with E-state index in [-0.39, 0.29) is 6.73 Å². The van der Waals surface area contributed by atoms with Gasteiger partial charge in [-0.3, -0.25) is 10.2 Å². The lowest BCUT2D eigenvalue weighted by molar-refractivity contribution is 0.163. The molecule has 33 heavy (non-hydrogen) atoms. The van der Waals surface area contributed by atoms with Crippen LogP contribution in [0.5, 0.6) is 0 Å². The molecule has 3 aromatic carbocycles. The number of carbonyl (C=O) groups excluding carboxylic acids is 1. The number of amides is 1. The van der Waals surface area contributed by atoms with Crippen molar-refractivity contribution >= 4 is 40.3 Å². The Balaban J connectivity index is 1.48. The Bertz CT molecular complexity index is 1190. The second-order valence-corrected chi connectivity index (χ2v) is 7.59. The molecule has 0 radical (unpaired) electrons. The fourth-order valence-corrected chi connectivity index (χ4v) is 3.67. The van der Waals surface area contributed by atoms with Gasteiger partial charge in [0.05, 0.1) is 0 Å². The molecule has 7 heteroatoms. The van der Waals surface area contributed by atoms with Gasteiger partial charge in [-0.15, -0.1) is 0 Å². The van der Waals surface area contributed by atoms with Gasteiger partial charge in [0.1, 0.15) is 5.52 Å². The predicted octanol–water partition coefficient (Wildman–Crippen LogP) is 6.33. The number of aromatic nitrogens is 1. The molecule has 0 unspecified atom stereocenters. The zero-order chi connectivity index (χ0) is 23.2. The van der Waals surface area contributed by atoms with Crippen LogP contribution >= 0.6 is 0 Å². The number of carbonyl (C=O) groups is 1. The normalized spacial score (nSPS) is 10.8. The highest BCUT2D eigenvalue weighted by molar-refractivity contribution is 5.86. The molecule has 0 aliphatic carbocycles. The Morgan fingerprint density at radius 1 is 0.970 bits per heavy atom. The summed E-state index contributed by atoms with van der Waals surface area (Å²) in [6.07, 6.45) is -0.550. The minimum atomic E-state index is -0.550. The maximum absolute atomic E-state index is 12.6. The number of oxazole rings is 1. The third-order valence-corrected chi connectivity index (χ3v) is 5.48. The van der Waals surface area contributed by atoms with Crippen LogP contribution in [-0.4, -0.2) is 30.9 Å². The van der Waals surface area contributed by atoms with E-state index >= 15 is 0 Å². The highest BCUT2D eigenvalue weighted by Crippen LogP contribution is 2.28. The predicted molar refractivity (Wildman–Crippen MR) is 132 cm³/mol. The summed E-state index contributed by atoms with van der Waals surface area (Å²) in [5.74, 6) is 0. The summed E-state index contributed by atoms with van der Waals surface area (Å²) in [5, 5.41) is 2.84. The summed E-state index contributed by atoms with van der Waals surface area (Å²) >= 11 is 0. The lowest BCUT2D eigenvalue weighted by Crippen LogP contribution is -2.26. The van der Waals surface area contributed by atoms with Gasteiger partial charge in [0, 0.05) is 30.2 Å². The maximum Gasteiger partial charge on any atom is 0.413 e. The molecule has 1 N–H and O–H groups in total. The van der Waals surface area contributed by atoms with Gasteiger partial charge in [0.2, 0.25) is 0 Å². The van der Waals surface area contributed by atoms with Crippen molar-refractivity contribution < 1.29 is 13.9 Å². The second kappa shape index (κ2) is 10.1. The Hall–Kier alpha value is -4.00. The number of para-hydroxylation sites is 3. The van der Waals surface area contributed by atoms with Gasteiger partial charge in [-0.2, -0.15) is 4.98 Å². The van der Waals surface area contributed by atoms with Crippen LogP contribution in [0.2, 0.25) is 0 Å². The van der Waals surface area contributed by atoms with Crippen molar-refractivity contribution in [3.63, 3.8) is 0 Å². The molecule has 0 bridgehead atoms. The van der Waals surface area contributed by atoms with Crippen molar-refractivity contribution in [1.29, 1.82) is 0 Å². The van der Waals surface area contributed by atoms with Gasteiger partial charge in [-0.1, -0.05) is 30.3 Å². The zero-order valence-electron chi connectivity index (χ0n) is 19.1. The first-order valence-corrected chi connectivity index (χ1v) is 11.1. The van der Waals surface area contributed by atoms with E-state index in [4.69, 9.17) is 9.15 Å². The molecule has 0 aliphatic rings. The van der Waals surface area contributed by atoms with Crippen LogP contribution in [-0.2, 0) is 4.74 Å². The fraction of sp³-hybridized carbons (Fsp3) is 0.231. The van der Waals surface area contributed by atoms with E-state index in [1.165, 1.54) is 0 Å². The first-order chi connectivity index (χ1) is 16.1. The number of benzene rings is 3. The maximum atomic E-state index is 12.6. The average Bonchev–Trinajstić information content (AvgIpc) is 3.26. The van der Waals surface area contributed by atoms with Crippen molar-refractivity contribution in [2.45, 2.75) is 20.8 Å². The van der Waals surface area contributed by atoms with Gasteiger partial charge in [-0.25, -0.2) is 4.79 Å². The molecular weight excluding hydrogens is 416 g/mol. The van der Waals surface area contributed by atoms with E-state index in [2.05, 4.69) is 35.1 Å². The number of ether oxygens (including phenoxy) is 1. The number of anilines is 4. The first-order valence-electron chi connectivity index (χ1n) is 11.1. The van der Waals surface area contributed by atoms with Crippen molar-refractivity contribution in [3.8, 4) is 0 Å². The van der Waals surface area contributed by atoms with E-state index in [0.717, 1.165) is 35.5 Å². The molecule has 4 aromatic rings. The van der Waals surface area contributed by atoms with Crippen LogP contribution in [0.3, 0.4) is 0 Å². The third-order valence-electron chi connectivity index (χ3n) is 5.48. The van der Waals surface area contributed by atoms with Crippen molar-refractivity contribution in [1.82, 2.24) is 4.98 Å². The van der Waals surface area contributed by atoms with Gasteiger partial charge < -0.3 is 14.1 Å². The second-order valence-electron chi connectivity index (χ2n) is 7.59. The van der Waals surface area contributed by atoms with Crippen LogP contribution in [0.4, 0.5) is 27.9 Å². The number of rotatable bonds is 8. The van der Waals surface area contributed by atoms with Crippen LogP contribution in [0.25, 0.3) is 11.1 Å². The molecule has 0 fully saturated rings. The quantitative estimate of drug-likeness (QED) is 0.320. The molecule has 170 valence electrons. The molecule has 1 amide bonds. The molecule has 1 aromatic heterocycles. The van der Waals surface area contributed by atoms with Crippen molar-refractivity contribution in [2.24, 2.45) is 0 Å². The molecule has 4 rings (SSSR count). The van der Waals surface area contributed by atoms with E-state index < -0.39 is 6.09 Å². The first kappa shape index (κ1) is 22.2. The average molecular weight is 445 g/mol. The number of aryl methyl sites for hydroxylation is 1. The minimum absolute atomic E-state index is 0.0563. The molecule has 0 saturated carbocycles. The van der Waals surface area contributed by atoms with E-state index in [9.17, 15) is 4.79 Å². The molecule has 0 aliphatic heterocycles. The fourth-order valence-electron chi connectivity index (χ4n) is 3.67. The smallest absolute Gasteiger partial charge is 0.413 e. The topological polar surface area (TPSA) is 70.8 Å². The van der Waals surface area contributed by atoms with Crippen LogP contribution in [0, 0.1) is 6.92 Å². The Morgan fingerprint density at radius 3 is 2.39 bits per heavy atom. The molecule has 1 heterocycles. The Labute approximate surface area is 193 Å². The van der Waals surface area contributed by atoms with Crippen molar-refractivity contribution in [3.05, 3.63) is 78.4 Å². The van der Waals surface area contributed by atoms with Crippen LogP contribution < -0.4 is 15.1 Å². The SMILES string of the molecule is CCN(CC)c1ccc(NC(=O)OCN(c2ccccc2)c2nc3ccccc3o2)c(C)c1. The summed E-state index contributed by atoms with van der Waals surface area (Å²) < 4.78 is 11.5. The lowest BCUT2D eigenvalue weighted by Gasteiger charge is -2.22. The van der Waals surface area contributed by atoms with Gasteiger partial charge >= 0.3 is 12.1 Å². The number of hydrogen-bond acceptors (Lipinski definition) is 6. The summed E-state index contributed by atoms with van der Waals surface area (Å²) in [7, 11) is 0. The highest BCUT2D eigenvalue weighted by atomic mass is 16.6. The molecule has 7 nitrogen and oxygen atoms in total. The third kappa shape index (κ3) is 5.09. The zero-order valence-corrected chi connectivity index (χ0v) is 19.1. The number of nitrogens with one attached hydrogen (secondary N) is 1. The van der Waals surface area contributed by atoms with Gasteiger partial charge in [0.25, 0.3) is 0 Å². The van der Waals surface area contributed by atoms with E-state index in [0.29, 0.717) is 17.3 Å². The monoisotopic (exact) mass is 444 g/mol. The summed E-state index contributed by atoms with van der Waals surface area (Å²) in [6.45, 7) is 8.01. The standard InChI is InChI=1S/C26H28N4O3/c1-4-29(5-2)21-15-16-22(19(3)17-21)28-26(31)32-18-30(20-11-7-6-8-12-20)25-27-23-13-9-10-14-24(23)33-25/h6-17H,4-5,18H2,1-3H3,(H,28,31). The number of hydrogen-bond donors (Lipinski definition) is 1. The Kier molecular flexibility index (Phi) is 6.78. The van der Waals surface area contributed by atoms with Crippen molar-refractivity contribution in [2.75, 3.05) is 34.9 Å². The lowest BCUT2D eigenvalue weighted by atomic mass is 10.1. The van der Waals surface area contributed by atoms with E-state index in [1.54, 1.807) is 4.90 Å². The highest BCUT2D eigenvalue weighted by Gasteiger charge is 2.18. The molecule has 0 spiro atoms. The molecular formula is C26H28N4O3. The summed E-state index contributed by atoms with van der Waals surface area (Å²) in [6, 6.07) is 23.4. The summed E-state index contributed by atoms with van der Waals surface area (Å²) in [5.41, 5.74) is 5.02. The number of nitrogens with zero attached hydrogens (tertiary/aromatic N) is 3. The van der Waals surface area contributed by atoms with Gasteiger partial charge in [0.15, 0.2) is 12.3 Å². The van der Waals surface area contributed by atoms with Gasteiger partial charge in [-0.05, 0) is 68.8 Å². The summed E-state index contributed by atoms with van der Waals surface area (Å²) in [4.78, 5) is 21.1. The van der Waals surface area contributed by atoms with Crippen LogP contribution in [0.15, 0.2) is 77.2 Å². The van der Waals surface area contributed by atoms with E-state index in [1.807, 2.05) is 73.7 Å². The molecule has 0 saturated heterocycles. The largest absolute Gasteiger partial charge is 0.427 e. The number of fused-ring (bicyclic) bond motifs is 1. The van der Waals surface area contributed by atoms with Crippen LogP contribution in [0.1, 0.15) is 19.4 Å². The minimum Gasteiger partial charge on any atom is -0.427 e. The molecule has 0 atom stereocenters. The Morgan fingerprint density at radius 2 is 1.70 bits per heavy atom.